The number of aryl methyl sites for hydroxylation is 1. The van der Waals surface area contributed by atoms with Gasteiger partial charge in [-0.3, -0.25) is 0 Å². The van der Waals surface area contributed by atoms with Crippen LogP contribution in [0.15, 0.2) is 11.0 Å². The second kappa shape index (κ2) is 14.1. The van der Waals surface area contributed by atoms with Crippen LogP contribution in [0.3, 0.4) is 0 Å². The van der Waals surface area contributed by atoms with Gasteiger partial charge in [-0.25, -0.2) is 9.78 Å². The first kappa shape index (κ1) is 21.9. The van der Waals surface area contributed by atoms with Gasteiger partial charge in [-0.2, -0.15) is 0 Å². The molecule has 0 saturated carbocycles. The lowest BCUT2D eigenvalue weighted by atomic mass is 10.0. The first-order chi connectivity index (χ1) is 12.1. The maximum atomic E-state index is 11.3. The molecule has 3 N–H and O–H groups in total. The average Bonchev–Trinajstić information content (AvgIpc) is 2.61. The molecule has 0 aromatic carbocycles. The van der Waals surface area contributed by atoms with E-state index in [1.807, 2.05) is 6.92 Å². The monoisotopic (exact) mass is 349 g/mol. The van der Waals surface area contributed by atoms with Crippen LogP contribution in [0, 0.1) is 6.92 Å². The third-order valence-electron chi connectivity index (χ3n) is 5.03. The van der Waals surface area contributed by atoms with Crippen molar-refractivity contribution in [3.63, 3.8) is 0 Å². The van der Waals surface area contributed by atoms with Crippen LogP contribution in [0.25, 0.3) is 0 Å². The van der Waals surface area contributed by atoms with Gasteiger partial charge in [0.05, 0.1) is 0 Å². The number of aromatic amines is 1. The number of hydrogen-bond donors (Lipinski definition) is 2. The molecule has 0 spiro atoms. The van der Waals surface area contributed by atoms with E-state index in [-0.39, 0.29) is 11.7 Å². The Hall–Kier alpha value is -1.16. The average molecular weight is 350 g/mol. The molecule has 1 unspecified atom stereocenters. The van der Waals surface area contributed by atoms with Gasteiger partial charge >= 0.3 is 5.69 Å². The van der Waals surface area contributed by atoms with Crippen LogP contribution in [0.2, 0.25) is 0 Å². The molecule has 1 aromatic heterocycles. The summed E-state index contributed by atoms with van der Waals surface area (Å²) < 4.78 is 0. The van der Waals surface area contributed by atoms with Gasteiger partial charge in [-0.15, -0.1) is 0 Å². The molecule has 1 aromatic rings. The Labute approximate surface area is 154 Å². The van der Waals surface area contributed by atoms with Gasteiger partial charge < -0.3 is 10.7 Å². The standard InChI is InChI=1S/C21H39N3O/c1-3-4-5-6-7-8-9-10-11-12-13-14-15-16-19(22)20-18(2)17-23-21(25)24-20/h17,19H,3-16,22H2,1-2H3,(H,23,24,25). The predicted molar refractivity (Wildman–Crippen MR) is 107 cm³/mol. The molecule has 0 saturated heterocycles. The highest BCUT2D eigenvalue weighted by molar-refractivity contribution is 5.17. The van der Waals surface area contributed by atoms with Crippen molar-refractivity contribution in [3.8, 4) is 0 Å². The zero-order valence-corrected chi connectivity index (χ0v) is 16.5. The number of rotatable bonds is 15. The summed E-state index contributed by atoms with van der Waals surface area (Å²) in [6.07, 6.45) is 20.2. The molecule has 0 fully saturated rings. The van der Waals surface area contributed by atoms with Gasteiger partial charge in [0.15, 0.2) is 0 Å². The number of nitrogens with one attached hydrogen (secondary N) is 1. The molecule has 144 valence electrons. The van der Waals surface area contributed by atoms with E-state index in [1.165, 1.54) is 77.0 Å². The van der Waals surface area contributed by atoms with Crippen molar-refractivity contribution < 1.29 is 0 Å². The number of hydrogen-bond acceptors (Lipinski definition) is 3. The smallest absolute Gasteiger partial charge is 0.323 e. The molecular formula is C21H39N3O. The fraction of sp³-hybridized carbons (Fsp3) is 0.810. The van der Waals surface area contributed by atoms with Crippen molar-refractivity contribution in [1.82, 2.24) is 9.97 Å². The van der Waals surface area contributed by atoms with E-state index in [4.69, 9.17) is 5.73 Å². The van der Waals surface area contributed by atoms with Crippen molar-refractivity contribution in [2.45, 2.75) is 110 Å². The number of unbranched alkanes of at least 4 members (excludes halogenated alkanes) is 12. The molecular weight excluding hydrogens is 310 g/mol. The molecule has 0 bridgehead atoms. The van der Waals surface area contributed by atoms with Crippen LogP contribution in [0.4, 0.5) is 0 Å². The van der Waals surface area contributed by atoms with E-state index in [2.05, 4.69) is 16.9 Å². The van der Waals surface area contributed by atoms with E-state index >= 15 is 0 Å². The Morgan fingerprint density at radius 1 is 0.920 bits per heavy atom. The normalized spacial score (nSPS) is 12.4. The second-order valence-corrected chi connectivity index (χ2v) is 7.42. The quantitative estimate of drug-likeness (QED) is 0.407. The lowest BCUT2D eigenvalue weighted by Gasteiger charge is -2.13. The summed E-state index contributed by atoms with van der Waals surface area (Å²) in [7, 11) is 0. The summed E-state index contributed by atoms with van der Waals surface area (Å²) in [6, 6.07) is -0.0802. The van der Waals surface area contributed by atoms with Crippen molar-refractivity contribution in [3.05, 3.63) is 27.9 Å². The largest absolute Gasteiger partial charge is 0.345 e. The maximum Gasteiger partial charge on any atom is 0.345 e. The van der Waals surface area contributed by atoms with Crippen molar-refractivity contribution in [2.75, 3.05) is 0 Å². The first-order valence-electron chi connectivity index (χ1n) is 10.5. The van der Waals surface area contributed by atoms with Crippen molar-refractivity contribution >= 4 is 0 Å². The number of aromatic nitrogens is 2. The Bertz CT molecular complexity index is 498. The summed E-state index contributed by atoms with van der Waals surface area (Å²) in [6.45, 7) is 4.22. The third kappa shape index (κ3) is 10.4. The SMILES string of the molecule is CCCCCCCCCCCCCCCC(N)c1[nH]c(=O)ncc1C. The minimum Gasteiger partial charge on any atom is -0.323 e. The maximum absolute atomic E-state index is 11.3. The highest BCUT2D eigenvalue weighted by Gasteiger charge is 2.10. The number of nitrogens with two attached hydrogens (primary N) is 1. The van der Waals surface area contributed by atoms with Gasteiger partial charge in [0, 0.05) is 17.9 Å². The van der Waals surface area contributed by atoms with E-state index in [0.717, 1.165) is 24.1 Å². The van der Waals surface area contributed by atoms with Gasteiger partial charge in [-0.1, -0.05) is 90.4 Å². The lowest BCUT2D eigenvalue weighted by molar-refractivity contribution is 0.518. The fourth-order valence-electron chi connectivity index (χ4n) is 3.38. The Morgan fingerprint density at radius 2 is 1.40 bits per heavy atom. The van der Waals surface area contributed by atoms with E-state index in [9.17, 15) is 4.79 Å². The fourth-order valence-corrected chi connectivity index (χ4v) is 3.38. The van der Waals surface area contributed by atoms with Crippen LogP contribution in [0.1, 0.15) is 114 Å². The minimum atomic E-state index is -0.304. The number of H-pyrrole nitrogens is 1. The predicted octanol–water partition coefficient (Wildman–Crippen LogP) is 5.56. The Kier molecular flexibility index (Phi) is 12.3. The number of nitrogens with zero attached hydrogens (tertiary/aromatic N) is 1. The zero-order chi connectivity index (χ0) is 18.3. The van der Waals surface area contributed by atoms with Crippen molar-refractivity contribution in [2.24, 2.45) is 5.73 Å². The van der Waals surface area contributed by atoms with Crippen LogP contribution < -0.4 is 11.4 Å². The molecule has 4 heteroatoms. The van der Waals surface area contributed by atoms with E-state index < -0.39 is 0 Å². The van der Waals surface area contributed by atoms with Gasteiger partial charge in [-0.05, 0) is 18.9 Å². The zero-order valence-electron chi connectivity index (χ0n) is 16.5. The third-order valence-corrected chi connectivity index (χ3v) is 5.03. The van der Waals surface area contributed by atoms with Crippen LogP contribution in [-0.4, -0.2) is 9.97 Å². The van der Waals surface area contributed by atoms with Crippen LogP contribution in [0.5, 0.6) is 0 Å². The first-order valence-corrected chi connectivity index (χ1v) is 10.5. The topological polar surface area (TPSA) is 71.8 Å². The summed E-state index contributed by atoms with van der Waals surface area (Å²) in [5, 5.41) is 0. The molecule has 0 aliphatic carbocycles. The minimum absolute atomic E-state index is 0.0802. The van der Waals surface area contributed by atoms with Gasteiger partial charge in [0.25, 0.3) is 0 Å². The molecule has 1 rings (SSSR count). The summed E-state index contributed by atoms with van der Waals surface area (Å²) in [5.74, 6) is 0. The van der Waals surface area contributed by atoms with Crippen LogP contribution >= 0.6 is 0 Å². The van der Waals surface area contributed by atoms with Crippen molar-refractivity contribution in [1.29, 1.82) is 0 Å². The second-order valence-electron chi connectivity index (χ2n) is 7.42. The summed E-state index contributed by atoms with van der Waals surface area (Å²) >= 11 is 0. The molecule has 0 aliphatic heterocycles. The molecule has 1 heterocycles. The molecule has 4 nitrogen and oxygen atoms in total. The molecule has 0 amide bonds. The molecule has 0 radical (unpaired) electrons. The van der Waals surface area contributed by atoms with E-state index in [1.54, 1.807) is 6.20 Å². The molecule has 0 aliphatic rings. The molecule has 1 atom stereocenters. The Balaban J connectivity index is 1.95. The lowest BCUT2D eigenvalue weighted by Crippen LogP contribution is -2.20. The van der Waals surface area contributed by atoms with Gasteiger partial charge in [0.2, 0.25) is 0 Å². The Morgan fingerprint density at radius 3 is 1.92 bits per heavy atom. The summed E-state index contributed by atoms with van der Waals surface area (Å²) in [5.41, 5.74) is 7.72. The van der Waals surface area contributed by atoms with E-state index in [0.29, 0.717) is 0 Å². The molecule has 25 heavy (non-hydrogen) atoms. The van der Waals surface area contributed by atoms with Gasteiger partial charge in [0.1, 0.15) is 0 Å². The summed E-state index contributed by atoms with van der Waals surface area (Å²) in [4.78, 5) is 17.8. The highest BCUT2D eigenvalue weighted by Crippen LogP contribution is 2.18. The van der Waals surface area contributed by atoms with Crippen LogP contribution in [-0.2, 0) is 0 Å². The highest BCUT2D eigenvalue weighted by atomic mass is 16.1.